The van der Waals surface area contributed by atoms with Crippen LogP contribution in [0.2, 0.25) is 0 Å². The molecule has 5 nitrogen and oxygen atoms in total. The van der Waals surface area contributed by atoms with Crippen molar-refractivity contribution in [2.45, 2.75) is 6.92 Å². The van der Waals surface area contributed by atoms with Crippen molar-refractivity contribution in [3.05, 3.63) is 206 Å². The van der Waals surface area contributed by atoms with Crippen molar-refractivity contribution in [1.29, 1.82) is 0 Å². The average molecular weight is 822 g/mol. The van der Waals surface area contributed by atoms with Crippen LogP contribution in [0.1, 0.15) is 5.56 Å². The van der Waals surface area contributed by atoms with E-state index in [9.17, 15) is 0 Å². The molecular weight excluding hydrogens is 783 g/mol. The Balaban J connectivity index is 0.893. The first-order chi connectivity index (χ1) is 31.6. The number of pyridine rings is 1. The smallest absolute Gasteiger partial charge is 0.135 e. The molecule has 9 aromatic carbocycles. The molecule has 0 fully saturated rings. The molecule has 0 aliphatic heterocycles. The number of methoxy groups -OCH3 is 1. The summed E-state index contributed by atoms with van der Waals surface area (Å²) in [5.41, 5.74) is 17.6. The molecule has 302 valence electrons. The highest BCUT2D eigenvalue weighted by Crippen LogP contribution is 2.42. The summed E-state index contributed by atoms with van der Waals surface area (Å²) in [6.45, 7) is 2.15. The van der Waals surface area contributed by atoms with Gasteiger partial charge in [0.1, 0.15) is 16.9 Å². The van der Waals surface area contributed by atoms with Gasteiger partial charge >= 0.3 is 0 Å². The Bertz CT molecular complexity index is 4000. The molecule has 4 heterocycles. The van der Waals surface area contributed by atoms with Crippen LogP contribution < -0.4 is 4.74 Å². The molecule has 0 unspecified atom stereocenters. The summed E-state index contributed by atoms with van der Waals surface area (Å²) in [6.07, 6.45) is 1.88. The molecule has 0 bridgehead atoms. The number of benzene rings is 9. The van der Waals surface area contributed by atoms with Crippen LogP contribution >= 0.6 is 0 Å². The van der Waals surface area contributed by atoms with Crippen molar-refractivity contribution < 1.29 is 9.15 Å². The molecular formula is C59H39N3O2. The first kappa shape index (κ1) is 36.3. The molecule has 0 radical (unpaired) electrons. The van der Waals surface area contributed by atoms with Gasteiger partial charge in [0.15, 0.2) is 0 Å². The molecule has 0 spiro atoms. The van der Waals surface area contributed by atoms with Crippen molar-refractivity contribution in [2.75, 3.05) is 7.11 Å². The van der Waals surface area contributed by atoms with Gasteiger partial charge in [0.25, 0.3) is 0 Å². The fourth-order valence-electron chi connectivity index (χ4n) is 10.2. The van der Waals surface area contributed by atoms with Crippen LogP contribution in [0.5, 0.6) is 5.75 Å². The first-order valence-corrected chi connectivity index (χ1v) is 21.7. The lowest BCUT2D eigenvalue weighted by molar-refractivity contribution is 0.418. The maximum Gasteiger partial charge on any atom is 0.135 e. The lowest BCUT2D eigenvalue weighted by Gasteiger charge is -2.16. The second-order valence-corrected chi connectivity index (χ2v) is 16.8. The number of hydrogen-bond donors (Lipinski definition) is 0. The number of hydrogen-bond acceptors (Lipinski definition) is 3. The van der Waals surface area contributed by atoms with Crippen molar-refractivity contribution >= 4 is 70.9 Å². The predicted molar refractivity (Wildman–Crippen MR) is 265 cm³/mol. The third kappa shape index (κ3) is 5.54. The molecule has 0 aliphatic rings. The van der Waals surface area contributed by atoms with Crippen LogP contribution in [-0.2, 0) is 0 Å². The summed E-state index contributed by atoms with van der Waals surface area (Å²) in [6, 6.07) is 69.9. The van der Waals surface area contributed by atoms with Gasteiger partial charge in [0.2, 0.25) is 0 Å². The Hall–Kier alpha value is -8.41. The molecule has 0 saturated heterocycles. The number of para-hydroxylation sites is 2. The molecule has 0 saturated carbocycles. The zero-order valence-corrected chi connectivity index (χ0v) is 35.2. The Kier molecular flexibility index (Phi) is 7.97. The van der Waals surface area contributed by atoms with Gasteiger partial charge in [-0.3, -0.25) is 0 Å². The molecule has 0 atom stereocenters. The van der Waals surface area contributed by atoms with Gasteiger partial charge in [-0.1, -0.05) is 115 Å². The molecule has 0 aliphatic carbocycles. The number of furan rings is 1. The quantitative estimate of drug-likeness (QED) is 0.157. The second kappa shape index (κ2) is 14.1. The molecule has 0 amide bonds. The van der Waals surface area contributed by atoms with E-state index in [2.05, 4.69) is 205 Å². The molecule has 13 aromatic rings. The summed E-state index contributed by atoms with van der Waals surface area (Å²) >= 11 is 0. The lowest BCUT2D eigenvalue weighted by Crippen LogP contribution is -1.94. The third-order valence-corrected chi connectivity index (χ3v) is 13.1. The van der Waals surface area contributed by atoms with E-state index in [1.165, 1.54) is 38.1 Å². The summed E-state index contributed by atoms with van der Waals surface area (Å²) in [4.78, 5) is 0. The van der Waals surface area contributed by atoms with Gasteiger partial charge in [-0.2, -0.15) is 5.10 Å². The number of nitrogens with zero attached hydrogens (tertiary/aromatic N) is 3. The first-order valence-electron chi connectivity index (χ1n) is 21.7. The van der Waals surface area contributed by atoms with E-state index < -0.39 is 0 Å². The maximum absolute atomic E-state index is 6.48. The summed E-state index contributed by atoms with van der Waals surface area (Å²) in [5.74, 6) is 0.886. The van der Waals surface area contributed by atoms with E-state index in [0.29, 0.717) is 0 Å². The Morgan fingerprint density at radius 2 is 0.938 bits per heavy atom. The van der Waals surface area contributed by atoms with Crippen LogP contribution in [0.25, 0.3) is 121 Å². The SMILES string of the molecule is COc1c(-c2ccccc2)cc(C)cc1-c1ccc(-c2ccc3c(c2)c2ccccc2n3-c2ccc3oc4ccc(-c5ccc6c(c5)c5ccccc5n5nccc65)cc4c3c2)cc1. The number of aromatic nitrogens is 3. The summed E-state index contributed by atoms with van der Waals surface area (Å²) < 4.78 is 17.0. The van der Waals surface area contributed by atoms with Gasteiger partial charge in [0, 0.05) is 49.1 Å². The number of rotatable bonds is 6. The van der Waals surface area contributed by atoms with E-state index in [0.717, 1.165) is 94.4 Å². The van der Waals surface area contributed by atoms with E-state index in [1.807, 2.05) is 16.8 Å². The molecule has 64 heavy (non-hydrogen) atoms. The fraction of sp³-hybridized carbons (Fsp3) is 0.0339. The summed E-state index contributed by atoms with van der Waals surface area (Å²) in [7, 11) is 1.76. The monoisotopic (exact) mass is 821 g/mol. The largest absolute Gasteiger partial charge is 0.495 e. The minimum Gasteiger partial charge on any atom is -0.495 e. The predicted octanol–water partition coefficient (Wildman–Crippen LogP) is 15.6. The van der Waals surface area contributed by atoms with Crippen LogP contribution in [0, 0.1) is 6.92 Å². The normalized spacial score (nSPS) is 11.9. The number of fused-ring (bicyclic) bond motifs is 12. The van der Waals surface area contributed by atoms with Crippen molar-refractivity contribution in [3.63, 3.8) is 0 Å². The highest BCUT2D eigenvalue weighted by atomic mass is 16.5. The van der Waals surface area contributed by atoms with Crippen molar-refractivity contribution in [1.82, 2.24) is 14.2 Å². The molecule has 13 rings (SSSR count). The van der Waals surface area contributed by atoms with Crippen molar-refractivity contribution in [3.8, 4) is 55.9 Å². The third-order valence-electron chi connectivity index (χ3n) is 13.1. The van der Waals surface area contributed by atoms with Gasteiger partial charge < -0.3 is 13.7 Å². The Morgan fingerprint density at radius 3 is 1.72 bits per heavy atom. The number of ether oxygens (including phenoxy) is 1. The van der Waals surface area contributed by atoms with E-state index >= 15 is 0 Å². The number of aryl methyl sites for hydroxylation is 1. The van der Waals surface area contributed by atoms with Crippen LogP contribution in [0.3, 0.4) is 0 Å². The molecule has 0 N–H and O–H groups in total. The minimum atomic E-state index is 0.870. The van der Waals surface area contributed by atoms with Crippen LogP contribution in [0.15, 0.2) is 205 Å². The van der Waals surface area contributed by atoms with Crippen LogP contribution in [0.4, 0.5) is 0 Å². The van der Waals surface area contributed by atoms with E-state index in [1.54, 1.807) is 7.11 Å². The Labute approximate surface area is 368 Å². The average Bonchev–Trinajstić information content (AvgIpc) is 4.08. The zero-order valence-electron chi connectivity index (χ0n) is 35.2. The lowest BCUT2D eigenvalue weighted by atomic mass is 9.93. The van der Waals surface area contributed by atoms with Gasteiger partial charge in [-0.15, -0.1) is 0 Å². The van der Waals surface area contributed by atoms with Gasteiger partial charge in [-0.25, -0.2) is 4.52 Å². The van der Waals surface area contributed by atoms with Crippen LogP contribution in [-0.4, -0.2) is 21.3 Å². The maximum atomic E-state index is 6.48. The molecule has 5 heteroatoms. The highest BCUT2D eigenvalue weighted by molar-refractivity contribution is 6.15. The van der Waals surface area contributed by atoms with Gasteiger partial charge in [-0.05, 0) is 130 Å². The highest BCUT2D eigenvalue weighted by Gasteiger charge is 2.18. The standard InChI is InChI=1S/C59H39N3O2/c1-36-30-47(38-10-4-3-5-11-38)59(63-2)48(31-36)39-18-16-37(17-19-39)40-21-25-54-50(33-40)45-13-6-8-14-53(45)61(54)43-23-27-58-52(35-43)51-34-42(22-26-57(51)64-58)41-20-24-46-49(32-41)44-12-7-9-15-55(44)62-56(46)28-29-60-62/h3-35H,1-2H3. The van der Waals surface area contributed by atoms with E-state index in [4.69, 9.17) is 9.15 Å². The van der Waals surface area contributed by atoms with Crippen molar-refractivity contribution in [2.24, 2.45) is 0 Å². The summed E-state index contributed by atoms with van der Waals surface area (Å²) in [5, 5.41) is 12.8. The van der Waals surface area contributed by atoms with Gasteiger partial charge in [0.05, 0.1) is 35.4 Å². The zero-order chi connectivity index (χ0) is 42.5. The minimum absolute atomic E-state index is 0.870. The second-order valence-electron chi connectivity index (χ2n) is 16.8. The Morgan fingerprint density at radius 1 is 0.406 bits per heavy atom. The fourth-order valence-corrected chi connectivity index (χ4v) is 10.2. The molecule has 4 aromatic heterocycles. The van der Waals surface area contributed by atoms with E-state index in [-0.39, 0.29) is 0 Å². The topological polar surface area (TPSA) is 44.6 Å².